The van der Waals surface area contributed by atoms with Gasteiger partial charge in [-0.1, -0.05) is 12.1 Å². The molecule has 0 N–H and O–H groups in total. The van der Waals surface area contributed by atoms with Crippen molar-refractivity contribution in [1.29, 1.82) is 0 Å². The fraction of sp³-hybridized carbons (Fsp3) is 0.375. The van der Waals surface area contributed by atoms with Crippen LogP contribution in [0.4, 0.5) is 5.82 Å². The molecule has 1 saturated heterocycles. The number of thiol groups is 1. The van der Waals surface area contributed by atoms with E-state index in [1.54, 1.807) is 19.2 Å². The Kier molecular flexibility index (Phi) is 5.54. The molecule has 1 fully saturated rings. The average Bonchev–Trinajstić information content (AvgIpc) is 2.57. The average molecular weight is 396 g/mol. The highest BCUT2D eigenvalue weighted by Crippen LogP contribution is 2.27. The molecule has 0 amide bonds. The van der Waals surface area contributed by atoms with Crippen LogP contribution in [0.15, 0.2) is 35.5 Å². The van der Waals surface area contributed by atoms with E-state index in [0.29, 0.717) is 18.8 Å². The molecule has 0 unspecified atom stereocenters. The van der Waals surface area contributed by atoms with Crippen molar-refractivity contribution in [3.8, 4) is 11.6 Å². The SMILES string of the molecule is COc1ccc(CN(c2cc(OC)nc(S)n2)S(=O)(=O)N2CCC2)cc1. The lowest BCUT2D eigenvalue weighted by Gasteiger charge is -2.35. The molecule has 0 radical (unpaired) electrons. The van der Waals surface area contributed by atoms with Gasteiger partial charge < -0.3 is 9.47 Å². The van der Waals surface area contributed by atoms with Crippen molar-refractivity contribution in [1.82, 2.24) is 14.3 Å². The minimum atomic E-state index is -3.72. The number of benzene rings is 1. The Morgan fingerprint density at radius 3 is 2.38 bits per heavy atom. The number of hydrogen-bond donors (Lipinski definition) is 1. The molecule has 140 valence electrons. The topological polar surface area (TPSA) is 84.9 Å². The van der Waals surface area contributed by atoms with Gasteiger partial charge in [0.1, 0.15) is 5.75 Å². The largest absolute Gasteiger partial charge is 0.497 e. The molecule has 2 aromatic rings. The highest BCUT2D eigenvalue weighted by atomic mass is 32.2. The van der Waals surface area contributed by atoms with Crippen LogP contribution in [-0.2, 0) is 16.8 Å². The molecule has 1 aromatic heterocycles. The van der Waals surface area contributed by atoms with E-state index in [4.69, 9.17) is 9.47 Å². The van der Waals surface area contributed by atoms with E-state index in [1.807, 2.05) is 12.1 Å². The van der Waals surface area contributed by atoms with Crippen LogP contribution >= 0.6 is 12.6 Å². The molecule has 0 saturated carbocycles. The normalized spacial score (nSPS) is 14.6. The number of rotatable bonds is 7. The van der Waals surface area contributed by atoms with Crippen LogP contribution in [0.2, 0.25) is 0 Å². The first-order chi connectivity index (χ1) is 12.4. The highest BCUT2D eigenvalue weighted by molar-refractivity contribution is 7.90. The van der Waals surface area contributed by atoms with E-state index in [2.05, 4.69) is 22.6 Å². The molecule has 0 atom stereocenters. The van der Waals surface area contributed by atoms with Crippen molar-refractivity contribution in [3.63, 3.8) is 0 Å². The molecule has 8 nitrogen and oxygen atoms in total. The number of methoxy groups -OCH3 is 2. The van der Waals surface area contributed by atoms with E-state index in [-0.39, 0.29) is 23.4 Å². The van der Waals surface area contributed by atoms with Gasteiger partial charge in [0.05, 0.1) is 20.8 Å². The molecule has 10 heteroatoms. The predicted octanol–water partition coefficient (Wildman–Crippen LogP) is 1.74. The van der Waals surface area contributed by atoms with Crippen molar-refractivity contribution in [2.24, 2.45) is 0 Å². The van der Waals surface area contributed by atoms with Crippen LogP contribution in [0.1, 0.15) is 12.0 Å². The van der Waals surface area contributed by atoms with Crippen molar-refractivity contribution in [2.45, 2.75) is 18.1 Å². The van der Waals surface area contributed by atoms with Gasteiger partial charge in [0.2, 0.25) is 5.88 Å². The predicted molar refractivity (Wildman–Crippen MR) is 100 cm³/mol. The minimum absolute atomic E-state index is 0.121. The van der Waals surface area contributed by atoms with E-state index in [0.717, 1.165) is 12.0 Å². The first-order valence-electron chi connectivity index (χ1n) is 7.97. The summed E-state index contributed by atoms with van der Waals surface area (Å²) in [5.41, 5.74) is 0.799. The lowest BCUT2D eigenvalue weighted by molar-refractivity contribution is 0.307. The summed E-state index contributed by atoms with van der Waals surface area (Å²) in [5, 5.41) is 0.137. The Bertz CT molecular complexity index is 870. The third-order valence-corrected chi connectivity index (χ3v) is 6.14. The van der Waals surface area contributed by atoms with Gasteiger partial charge in [-0.3, -0.25) is 0 Å². The lowest BCUT2D eigenvalue weighted by atomic mass is 10.2. The fourth-order valence-electron chi connectivity index (χ4n) is 2.47. The maximum atomic E-state index is 13.1. The first kappa shape index (κ1) is 18.7. The van der Waals surface area contributed by atoms with Crippen molar-refractivity contribution < 1.29 is 17.9 Å². The van der Waals surface area contributed by atoms with Crippen LogP contribution in [0.3, 0.4) is 0 Å². The highest BCUT2D eigenvalue weighted by Gasteiger charge is 2.35. The molecule has 1 aromatic carbocycles. The molecule has 2 heterocycles. The first-order valence-corrected chi connectivity index (χ1v) is 9.81. The van der Waals surface area contributed by atoms with Crippen LogP contribution in [0, 0.1) is 0 Å². The Hall–Kier alpha value is -2.04. The third kappa shape index (κ3) is 3.87. The van der Waals surface area contributed by atoms with Crippen LogP contribution < -0.4 is 13.8 Å². The molecule has 26 heavy (non-hydrogen) atoms. The summed E-state index contributed by atoms with van der Waals surface area (Å²) in [7, 11) is -0.682. The van der Waals surface area contributed by atoms with Gasteiger partial charge in [0.25, 0.3) is 0 Å². The van der Waals surface area contributed by atoms with Gasteiger partial charge >= 0.3 is 10.2 Å². The minimum Gasteiger partial charge on any atom is -0.497 e. The molecule has 3 rings (SSSR count). The number of anilines is 1. The monoisotopic (exact) mass is 396 g/mol. The zero-order valence-corrected chi connectivity index (χ0v) is 16.2. The number of nitrogens with zero attached hydrogens (tertiary/aromatic N) is 4. The Morgan fingerprint density at radius 2 is 1.85 bits per heavy atom. The smallest absolute Gasteiger partial charge is 0.305 e. The molecular weight excluding hydrogens is 376 g/mol. The summed E-state index contributed by atoms with van der Waals surface area (Å²) in [6, 6.07) is 8.69. The van der Waals surface area contributed by atoms with Gasteiger partial charge in [0, 0.05) is 19.2 Å². The molecule has 0 spiro atoms. The fourth-order valence-corrected chi connectivity index (χ4v) is 4.31. The molecular formula is C16H20N4O4S2. The second-order valence-corrected chi connectivity index (χ2v) is 7.94. The number of hydrogen-bond acceptors (Lipinski definition) is 7. The maximum absolute atomic E-state index is 13.1. The Labute approximate surface area is 158 Å². The van der Waals surface area contributed by atoms with Crippen molar-refractivity contribution in [2.75, 3.05) is 31.6 Å². The van der Waals surface area contributed by atoms with E-state index < -0.39 is 10.2 Å². The molecule has 0 bridgehead atoms. The number of aromatic nitrogens is 2. The molecule has 1 aliphatic rings. The molecule has 1 aliphatic heterocycles. The van der Waals surface area contributed by atoms with Crippen molar-refractivity contribution >= 4 is 28.7 Å². The van der Waals surface area contributed by atoms with Crippen molar-refractivity contribution in [3.05, 3.63) is 35.9 Å². The summed E-state index contributed by atoms with van der Waals surface area (Å²) in [5.74, 6) is 1.16. The lowest BCUT2D eigenvalue weighted by Crippen LogP contribution is -2.50. The van der Waals surface area contributed by atoms with Gasteiger partial charge in [-0.2, -0.15) is 17.7 Å². The molecule has 0 aliphatic carbocycles. The van der Waals surface area contributed by atoms with E-state index >= 15 is 0 Å². The van der Waals surface area contributed by atoms with Crippen LogP contribution in [0.25, 0.3) is 0 Å². The second kappa shape index (κ2) is 7.68. The van der Waals surface area contributed by atoms with Gasteiger partial charge in [-0.25, -0.2) is 9.29 Å². The second-order valence-electron chi connectivity index (χ2n) is 5.68. The summed E-state index contributed by atoms with van der Waals surface area (Å²) >= 11 is 4.16. The van der Waals surface area contributed by atoms with Crippen LogP contribution in [-0.4, -0.2) is 50.0 Å². The van der Waals surface area contributed by atoms with E-state index in [1.165, 1.54) is 21.8 Å². The van der Waals surface area contributed by atoms with Gasteiger partial charge in [-0.05, 0) is 24.1 Å². The summed E-state index contributed by atoms with van der Waals surface area (Å²) in [4.78, 5) is 8.19. The zero-order valence-electron chi connectivity index (χ0n) is 14.5. The number of ether oxygens (including phenoxy) is 2. The zero-order chi connectivity index (χ0) is 18.7. The third-order valence-electron chi connectivity index (χ3n) is 4.05. The summed E-state index contributed by atoms with van der Waals surface area (Å²) in [6.45, 7) is 1.12. The van der Waals surface area contributed by atoms with E-state index in [9.17, 15) is 8.42 Å². The Balaban J connectivity index is 2.00. The quantitative estimate of drug-likeness (QED) is 0.567. The van der Waals surface area contributed by atoms with Crippen LogP contribution in [0.5, 0.6) is 11.6 Å². The Morgan fingerprint density at radius 1 is 1.15 bits per heavy atom. The summed E-state index contributed by atoms with van der Waals surface area (Å²) in [6.07, 6.45) is 0.848. The summed E-state index contributed by atoms with van der Waals surface area (Å²) < 4.78 is 39.1. The van der Waals surface area contributed by atoms with Gasteiger partial charge in [0.15, 0.2) is 11.0 Å². The maximum Gasteiger partial charge on any atom is 0.305 e. The van der Waals surface area contributed by atoms with Gasteiger partial charge in [-0.15, -0.1) is 12.6 Å². The standard InChI is InChI=1S/C16H20N4O4S2/c1-23-13-6-4-12(5-7-13)11-20(26(21,22)19-8-3-9-19)14-10-15(24-2)18-16(25)17-14/h4-7,10H,3,8-9,11H2,1-2H3,(H,17,18,25).